The van der Waals surface area contributed by atoms with E-state index in [4.69, 9.17) is 27.2 Å². The summed E-state index contributed by atoms with van der Waals surface area (Å²) < 4.78 is 7.08. The van der Waals surface area contributed by atoms with Crippen LogP contribution in [0, 0.1) is 3.57 Å². The fraction of sp³-hybridized carbons (Fsp3) is 0.556. The van der Waals surface area contributed by atoms with E-state index in [9.17, 15) is 9.90 Å². The monoisotopic (exact) mass is 387 g/mol. The highest BCUT2D eigenvalue weighted by Gasteiger charge is 2.43. The van der Waals surface area contributed by atoms with E-state index in [1.165, 1.54) is 6.20 Å². The molecule has 0 saturated carbocycles. The summed E-state index contributed by atoms with van der Waals surface area (Å²) in [6.07, 6.45) is -1.30. The van der Waals surface area contributed by atoms with Gasteiger partial charge >= 0.3 is 5.69 Å². The van der Waals surface area contributed by atoms with Crippen LogP contribution in [-0.2, 0) is 4.74 Å². The summed E-state index contributed by atoms with van der Waals surface area (Å²) in [5, 5.41) is 17.9. The zero-order valence-corrected chi connectivity index (χ0v) is 11.9. The Bertz CT molecular complexity index is 511. The second kappa shape index (κ2) is 5.29. The molecule has 0 bridgehead atoms. The van der Waals surface area contributed by atoms with Crippen LogP contribution in [-0.4, -0.2) is 44.0 Å². The van der Waals surface area contributed by atoms with E-state index in [1.54, 1.807) is 0 Å². The molecule has 18 heavy (non-hydrogen) atoms. The Hall–Kier alpha value is -0.420. The number of nitrogens with zero attached hydrogens (tertiary/aromatic N) is 2. The van der Waals surface area contributed by atoms with Crippen molar-refractivity contribution in [1.82, 2.24) is 9.55 Å². The average molecular weight is 388 g/mol. The number of halogens is 2. The van der Waals surface area contributed by atoms with Gasteiger partial charge in [0.15, 0.2) is 6.23 Å². The van der Waals surface area contributed by atoms with E-state index in [0.29, 0.717) is 3.57 Å². The molecule has 100 valence electrons. The zero-order valence-electron chi connectivity index (χ0n) is 9.03. The molecule has 1 fully saturated rings. The van der Waals surface area contributed by atoms with Crippen molar-refractivity contribution in [2.75, 3.05) is 12.3 Å². The summed E-state index contributed by atoms with van der Waals surface area (Å²) in [4.78, 5) is 15.3. The van der Waals surface area contributed by atoms with Crippen LogP contribution in [0.2, 0.25) is 0 Å². The van der Waals surface area contributed by atoms with Crippen LogP contribution < -0.4 is 11.4 Å². The first-order valence-corrected chi connectivity index (χ1v) is 6.60. The molecule has 2 rings (SSSR count). The number of hydrogen-bond donors (Lipinski definition) is 3. The normalized spacial score (nSPS) is 31.8. The van der Waals surface area contributed by atoms with Gasteiger partial charge in [0, 0.05) is 6.20 Å². The summed E-state index contributed by atoms with van der Waals surface area (Å²) >= 11 is 7.92. The minimum atomic E-state index is -1.05. The van der Waals surface area contributed by atoms with Crippen molar-refractivity contribution >= 4 is 40.0 Å². The topological polar surface area (TPSA) is 111 Å². The molecular formula is C9H11ClIN3O4. The molecule has 9 heteroatoms. The molecule has 0 spiro atoms. The Morgan fingerprint density at radius 3 is 2.89 bits per heavy atom. The van der Waals surface area contributed by atoms with Crippen molar-refractivity contribution in [3.05, 3.63) is 20.3 Å². The van der Waals surface area contributed by atoms with Gasteiger partial charge in [0.05, 0.1) is 10.2 Å². The molecule has 2 heterocycles. The Morgan fingerprint density at radius 1 is 1.67 bits per heavy atom. The summed E-state index contributed by atoms with van der Waals surface area (Å²) in [7, 11) is 0. The number of hydrogen-bond acceptors (Lipinski definition) is 6. The van der Waals surface area contributed by atoms with Crippen molar-refractivity contribution in [3.8, 4) is 0 Å². The first-order valence-electron chi connectivity index (χ1n) is 5.08. The highest BCUT2D eigenvalue weighted by atomic mass is 127. The van der Waals surface area contributed by atoms with Gasteiger partial charge < -0.3 is 20.7 Å². The number of nitrogen functional groups attached to an aromatic ring is 1. The Labute approximate surface area is 121 Å². The van der Waals surface area contributed by atoms with Crippen molar-refractivity contribution in [2.45, 2.75) is 23.8 Å². The van der Waals surface area contributed by atoms with Gasteiger partial charge in [-0.05, 0) is 22.6 Å². The maximum Gasteiger partial charge on any atom is 0.351 e. The SMILES string of the molecule is Nc1nc(=O)n([C@@H]2O[C@H](CO)[C@@H](O)[C@H]2Cl)cc1I. The highest BCUT2D eigenvalue weighted by molar-refractivity contribution is 14.1. The van der Waals surface area contributed by atoms with Gasteiger partial charge in [-0.15, -0.1) is 11.6 Å². The number of aliphatic hydroxyl groups is 2. The quantitative estimate of drug-likeness (QED) is 0.457. The number of aliphatic hydroxyl groups excluding tert-OH is 2. The maximum absolute atomic E-state index is 11.7. The molecule has 1 aliphatic heterocycles. The van der Waals surface area contributed by atoms with Gasteiger partial charge in [0.1, 0.15) is 23.4 Å². The molecule has 7 nitrogen and oxygen atoms in total. The van der Waals surface area contributed by atoms with Gasteiger partial charge in [0.2, 0.25) is 0 Å². The molecule has 1 aromatic heterocycles. The molecule has 1 saturated heterocycles. The van der Waals surface area contributed by atoms with Crippen molar-refractivity contribution in [1.29, 1.82) is 0 Å². The molecule has 0 radical (unpaired) electrons. The van der Waals surface area contributed by atoms with E-state index in [-0.39, 0.29) is 12.4 Å². The van der Waals surface area contributed by atoms with Crippen molar-refractivity contribution < 1.29 is 14.9 Å². The second-order valence-electron chi connectivity index (χ2n) is 3.85. The van der Waals surface area contributed by atoms with E-state index in [1.807, 2.05) is 22.6 Å². The third kappa shape index (κ3) is 2.35. The van der Waals surface area contributed by atoms with Crippen LogP contribution in [0.1, 0.15) is 6.23 Å². The standard InChI is InChI=1S/C9H11ClIN3O4/c10-5-6(16)4(2-15)18-8(5)14-1-3(11)7(12)13-9(14)17/h1,4-6,8,15-16H,2H2,(H2,12,13,17)/t4-,5-,6-,8-/m1/s1. The molecule has 4 N–H and O–H groups in total. The lowest BCUT2D eigenvalue weighted by molar-refractivity contribution is -0.0457. The number of nitrogens with two attached hydrogens (primary N) is 1. The number of anilines is 1. The number of aromatic nitrogens is 2. The highest BCUT2D eigenvalue weighted by Crippen LogP contribution is 2.32. The third-order valence-electron chi connectivity index (χ3n) is 2.68. The fourth-order valence-electron chi connectivity index (χ4n) is 1.72. The minimum absolute atomic E-state index is 0.125. The maximum atomic E-state index is 11.7. The molecule has 4 atom stereocenters. The second-order valence-corrected chi connectivity index (χ2v) is 5.51. The smallest absolute Gasteiger partial charge is 0.351 e. The van der Waals surface area contributed by atoms with E-state index < -0.39 is 29.5 Å². The van der Waals surface area contributed by atoms with Crippen molar-refractivity contribution in [3.63, 3.8) is 0 Å². The Morgan fingerprint density at radius 2 is 2.33 bits per heavy atom. The van der Waals surface area contributed by atoms with Gasteiger partial charge in [-0.2, -0.15) is 4.98 Å². The minimum Gasteiger partial charge on any atom is -0.394 e. The lowest BCUT2D eigenvalue weighted by Gasteiger charge is -2.17. The first-order chi connectivity index (χ1) is 8.45. The molecule has 0 aromatic carbocycles. The summed E-state index contributed by atoms with van der Waals surface area (Å²) in [6, 6.07) is 0. The van der Waals surface area contributed by atoms with E-state index in [0.717, 1.165) is 4.57 Å². The van der Waals surface area contributed by atoms with E-state index >= 15 is 0 Å². The molecule has 1 aliphatic rings. The van der Waals surface area contributed by atoms with Crippen LogP contribution >= 0.6 is 34.2 Å². The predicted molar refractivity (Wildman–Crippen MR) is 72.3 cm³/mol. The Balaban J connectivity index is 2.39. The lowest BCUT2D eigenvalue weighted by Crippen LogP contribution is -2.33. The van der Waals surface area contributed by atoms with Gasteiger partial charge in [-0.1, -0.05) is 0 Å². The molecule has 1 aromatic rings. The number of rotatable bonds is 2. The molecule has 0 aliphatic carbocycles. The van der Waals surface area contributed by atoms with Gasteiger partial charge in [-0.3, -0.25) is 4.57 Å². The van der Waals surface area contributed by atoms with Gasteiger partial charge in [0.25, 0.3) is 0 Å². The number of ether oxygens (including phenoxy) is 1. The summed E-state index contributed by atoms with van der Waals surface area (Å²) in [5.41, 5.74) is 4.89. The Kier molecular flexibility index (Phi) is 4.11. The average Bonchev–Trinajstić information content (AvgIpc) is 2.61. The molecule has 0 amide bonds. The van der Waals surface area contributed by atoms with Crippen LogP contribution in [0.5, 0.6) is 0 Å². The summed E-state index contributed by atoms with van der Waals surface area (Å²) in [6.45, 7) is -0.380. The van der Waals surface area contributed by atoms with Crippen LogP contribution in [0.25, 0.3) is 0 Å². The molecular weight excluding hydrogens is 376 g/mol. The van der Waals surface area contributed by atoms with E-state index in [2.05, 4.69) is 4.98 Å². The zero-order chi connectivity index (χ0) is 13.4. The lowest BCUT2D eigenvalue weighted by atomic mass is 10.2. The van der Waals surface area contributed by atoms with Crippen LogP contribution in [0.3, 0.4) is 0 Å². The first kappa shape index (κ1) is 14.0. The van der Waals surface area contributed by atoms with Gasteiger partial charge in [-0.25, -0.2) is 4.79 Å². The third-order valence-corrected chi connectivity index (χ3v) is 3.99. The fourth-order valence-corrected chi connectivity index (χ4v) is 2.48. The van der Waals surface area contributed by atoms with Crippen molar-refractivity contribution in [2.24, 2.45) is 0 Å². The predicted octanol–water partition coefficient (Wildman–Crippen LogP) is -0.712. The molecule has 0 unspecified atom stereocenters. The summed E-state index contributed by atoms with van der Waals surface area (Å²) in [5.74, 6) is 0.125. The van der Waals surface area contributed by atoms with Crippen LogP contribution in [0.15, 0.2) is 11.0 Å². The number of alkyl halides is 1. The van der Waals surface area contributed by atoms with Crippen LogP contribution in [0.4, 0.5) is 5.82 Å². The largest absolute Gasteiger partial charge is 0.394 e.